The van der Waals surface area contributed by atoms with E-state index in [-0.39, 0.29) is 5.75 Å². The van der Waals surface area contributed by atoms with Crippen LogP contribution in [-0.4, -0.2) is 10.3 Å². The number of halogens is 1. The van der Waals surface area contributed by atoms with Crippen molar-refractivity contribution in [1.29, 1.82) is 0 Å². The zero-order valence-electron chi connectivity index (χ0n) is 7.49. The second-order valence-corrected chi connectivity index (χ2v) is 3.38. The minimum absolute atomic E-state index is 0.0762. The average Bonchev–Trinajstić information content (AvgIpc) is 2.50. The second-order valence-electron chi connectivity index (χ2n) is 2.94. The third kappa shape index (κ3) is 1.46. The van der Waals surface area contributed by atoms with Crippen molar-refractivity contribution in [3.63, 3.8) is 0 Å². The third-order valence-corrected chi connectivity index (χ3v) is 2.20. The van der Waals surface area contributed by atoms with E-state index in [1.54, 1.807) is 31.2 Å². The standard InChI is InChI=1S/C10H8ClNO2/c1-6-10(13)9(12-14-6)7-2-4-8(11)5-3-7/h2-5,13H,1H3. The lowest BCUT2D eigenvalue weighted by Crippen LogP contribution is -1.77. The lowest BCUT2D eigenvalue weighted by Gasteiger charge is -1.96. The molecule has 0 aliphatic heterocycles. The monoisotopic (exact) mass is 209 g/mol. The van der Waals surface area contributed by atoms with Gasteiger partial charge in [0, 0.05) is 17.5 Å². The molecule has 0 fully saturated rings. The highest BCUT2D eigenvalue weighted by Crippen LogP contribution is 2.31. The summed E-state index contributed by atoms with van der Waals surface area (Å²) in [6, 6.07) is 7.03. The fourth-order valence-corrected chi connectivity index (χ4v) is 1.29. The highest BCUT2D eigenvalue weighted by Gasteiger charge is 2.12. The van der Waals surface area contributed by atoms with Crippen LogP contribution in [0.2, 0.25) is 5.02 Å². The smallest absolute Gasteiger partial charge is 0.186 e. The molecule has 1 aromatic heterocycles. The summed E-state index contributed by atoms with van der Waals surface area (Å²) in [6.45, 7) is 1.65. The highest BCUT2D eigenvalue weighted by molar-refractivity contribution is 6.30. The summed E-state index contributed by atoms with van der Waals surface area (Å²) in [5.74, 6) is 0.488. The summed E-state index contributed by atoms with van der Waals surface area (Å²) in [5.41, 5.74) is 1.22. The molecule has 1 N–H and O–H groups in total. The van der Waals surface area contributed by atoms with Crippen molar-refractivity contribution < 1.29 is 9.63 Å². The van der Waals surface area contributed by atoms with Gasteiger partial charge in [-0.05, 0) is 12.1 Å². The second kappa shape index (κ2) is 3.35. The largest absolute Gasteiger partial charge is 0.503 e. The Kier molecular flexibility index (Phi) is 2.17. The Labute approximate surface area is 85.9 Å². The van der Waals surface area contributed by atoms with Gasteiger partial charge in [-0.2, -0.15) is 0 Å². The van der Waals surface area contributed by atoms with E-state index in [9.17, 15) is 5.11 Å². The molecule has 2 aromatic rings. The maximum atomic E-state index is 9.57. The van der Waals surface area contributed by atoms with Gasteiger partial charge in [0.15, 0.2) is 17.2 Å². The fraction of sp³-hybridized carbons (Fsp3) is 0.100. The maximum absolute atomic E-state index is 9.57. The number of benzene rings is 1. The first kappa shape index (κ1) is 9.09. The molecule has 4 heteroatoms. The van der Waals surface area contributed by atoms with Crippen LogP contribution in [-0.2, 0) is 0 Å². The summed E-state index contributed by atoms with van der Waals surface area (Å²) in [4.78, 5) is 0. The van der Waals surface area contributed by atoms with E-state index in [4.69, 9.17) is 16.1 Å². The predicted molar refractivity (Wildman–Crippen MR) is 53.4 cm³/mol. The molecule has 14 heavy (non-hydrogen) atoms. The first-order valence-electron chi connectivity index (χ1n) is 4.09. The van der Waals surface area contributed by atoms with Crippen molar-refractivity contribution in [1.82, 2.24) is 5.16 Å². The normalized spacial score (nSPS) is 10.4. The van der Waals surface area contributed by atoms with Gasteiger partial charge in [-0.15, -0.1) is 0 Å². The zero-order chi connectivity index (χ0) is 10.1. The molecule has 0 unspecified atom stereocenters. The molecule has 0 aliphatic rings. The molecule has 0 atom stereocenters. The van der Waals surface area contributed by atoms with Crippen LogP contribution in [0.3, 0.4) is 0 Å². The fourth-order valence-electron chi connectivity index (χ4n) is 1.16. The van der Waals surface area contributed by atoms with E-state index in [1.165, 1.54) is 0 Å². The Morgan fingerprint density at radius 1 is 1.29 bits per heavy atom. The highest BCUT2D eigenvalue weighted by atomic mass is 35.5. The molecular formula is C10H8ClNO2. The van der Waals surface area contributed by atoms with Crippen LogP contribution in [0.25, 0.3) is 11.3 Å². The molecule has 0 saturated carbocycles. The van der Waals surface area contributed by atoms with Gasteiger partial charge in [-0.25, -0.2) is 0 Å². The van der Waals surface area contributed by atoms with Crippen LogP contribution in [0.4, 0.5) is 0 Å². The molecule has 2 rings (SSSR count). The van der Waals surface area contributed by atoms with E-state index in [1.807, 2.05) is 0 Å². The van der Waals surface area contributed by atoms with Crippen LogP contribution >= 0.6 is 11.6 Å². The van der Waals surface area contributed by atoms with E-state index < -0.39 is 0 Å². The van der Waals surface area contributed by atoms with E-state index in [0.717, 1.165) is 5.56 Å². The van der Waals surface area contributed by atoms with E-state index in [0.29, 0.717) is 16.5 Å². The van der Waals surface area contributed by atoms with Gasteiger partial charge in [0.05, 0.1) is 0 Å². The number of nitrogens with zero attached hydrogens (tertiary/aromatic N) is 1. The molecule has 0 spiro atoms. The van der Waals surface area contributed by atoms with Crippen LogP contribution in [0.15, 0.2) is 28.8 Å². The Hall–Kier alpha value is -1.48. The quantitative estimate of drug-likeness (QED) is 0.785. The number of hydrogen-bond acceptors (Lipinski definition) is 3. The Morgan fingerprint density at radius 3 is 2.43 bits per heavy atom. The lowest BCUT2D eigenvalue weighted by atomic mass is 10.1. The molecule has 1 heterocycles. The maximum Gasteiger partial charge on any atom is 0.186 e. The molecule has 0 amide bonds. The number of aryl methyl sites for hydroxylation is 1. The van der Waals surface area contributed by atoms with Gasteiger partial charge >= 0.3 is 0 Å². The molecule has 72 valence electrons. The topological polar surface area (TPSA) is 46.3 Å². The molecule has 3 nitrogen and oxygen atoms in total. The van der Waals surface area contributed by atoms with Gasteiger partial charge in [0.25, 0.3) is 0 Å². The summed E-state index contributed by atoms with van der Waals surface area (Å²) >= 11 is 5.74. The minimum atomic E-state index is 0.0762. The first-order chi connectivity index (χ1) is 6.68. The zero-order valence-corrected chi connectivity index (χ0v) is 8.25. The van der Waals surface area contributed by atoms with Gasteiger partial charge in [-0.1, -0.05) is 28.9 Å². The van der Waals surface area contributed by atoms with Crippen molar-refractivity contribution in [3.05, 3.63) is 35.0 Å². The Bertz CT molecular complexity index is 448. The number of rotatable bonds is 1. The molecule has 0 aliphatic carbocycles. The van der Waals surface area contributed by atoms with Gasteiger partial charge in [-0.3, -0.25) is 0 Å². The summed E-state index contributed by atoms with van der Waals surface area (Å²) in [7, 11) is 0. The number of aromatic nitrogens is 1. The van der Waals surface area contributed by atoms with Crippen molar-refractivity contribution in [3.8, 4) is 17.0 Å². The summed E-state index contributed by atoms with van der Waals surface area (Å²) < 4.78 is 4.85. The van der Waals surface area contributed by atoms with Crippen molar-refractivity contribution in [2.75, 3.05) is 0 Å². The van der Waals surface area contributed by atoms with Crippen molar-refractivity contribution in [2.45, 2.75) is 6.92 Å². The molecular weight excluding hydrogens is 202 g/mol. The summed E-state index contributed by atoms with van der Waals surface area (Å²) in [5, 5.41) is 14.0. The van der Waals surface area contributed by atoms with Crippen molar-refractivity contribution >= 4 is 11.6 Å². The lowest BCUT2D eigenvalue weighted by molar-refractivity contribution is 0.384. The van der Waals surface area contributed by atoms with Gasteiger partial charge in [0.2, 0.25) is 0 Å². The Morgan fingerprint density at radius 2 is 1.93 bits per heavy atom. The average molecular weight is 210 g/mol. The van der Waals surface area contributed by atoms with Crippen LogP contribution in [0.5, 0.6) is 5.75 Å². The Balaban J connectivity index is 2.49. The number of hydrogen-bond donors (Lipinski definition) is 1. The van der Waals surface area contributed by atoms with Crippen LogP contribution < -0.4 is 0 Å². The van der Waals surface area contributed by atoms with Crippen molar-refractivity contribution in [2.24, 2.45) is 0 Å². The van der Waals surface area contributed by atoms with Gasteiger partial charge < -0.3 is 9.63 Å². The first-order valence-corrected chi connectivity index (χ1v) is 4.47. The molecule has 1 aromatic carbocycles. The SMILES string of the molecule is Cc1onc(-c2ccc(Cl)cc2)c1O. The molecule has 0 bridgehead atoms. The summed E-state index contributed by atoms with van der Waals surface area (Å²) in [6.07, 6.45) is 0. The predicted octanol–water partition coefficient (Wildman–Crippen LogP) is 3.01. The van der Waals surface area contributed by atoms with E-state index >= 15 is 0 Å². The van der Waals surface area contributed by atoms with Gasteiger partial charge in [0.1, 0.15) is 0 Å². The molecule has 0 saturated heterocycles. The molecule has 0 radical (unpaired) electrons. The number of aromatic hydroxyl groups is 1. The third-order valence-electron chi connectivity index (χ3n) is 1.95. The van der Waals surface area contributed by atoms with Crippen LogP contribution in [0, 0.1) is 6.92 Å². The van der Waals surface area contributed by atoms with E-state index in [2.05, 4.69) is 5.16 Å². The minimum Gasteiger partial charge on any atom is -0.503 e. The van der Waals surface area contributed by atoms with Crippen LogP contribution in [0.1, 0.15) is 5.76 Å².